The number of ether oxygens (including phenoxy) is 1. The third-order valence-corrected chi connectivity index (χ3v) is 5.13. The number of rotatable bonds is 7. The van der Waals surface area contributed by atoms with Gasteiger partial charge < -0.3 is 19.9 Å². The molecule has 0 atom stereocenters. The quantitative estimate of drug-likeness (QED) is 0.561. The number of hydrogen-bond acceptors (Lipinski definition) is 5. The van der Waals surface area contributed by atoms with Gasteiger partial charge in [0.2, 0.25) is 0 Å². The van der Waals surface area contributed by atoms with E-state index in [4.69, 9.17) is 9.26 Å². The first kappa shape index (κ1) is 20.4. The van der Waals surface area contributed by atoms with Gasteiger partial charge in [0.15, 0.2) is 5.96 Å². The molecule has 0 amide bonds. The highest BCUT2D eigenvalue weighted by atomic mass is 16.5. The lowest BCUT2D eigenvalue weighted by atomic mass is 10.1. The molecule has 1 aliphatic heterocycles. The van der Waals surface area contributed by atoms with Gasteiger partial charge >= 0.3 is 0 Å². The first-order valence-corrected chi connectivity index (χ1v) is 9.90. The Balaban J connectivity index is 1.50. The number of morpholine rings is 1. The molecule has 3 rings (SSSR count). The largest absolute Gasteiger partial charge is 0.379 e. The van der Waals surface area contributed by atoms with Crippen molar-refractivity contribution >= 4 is 5.96 Å². The van der Waals surface area contributed by atoms with Crippen LogP contribution in [0.5, 0.6) is 0 Å². The molecule has 0 bridgehead atoms. The number of aliphatic imine (C=N–C) groups is 1. The summed E-state index contributed by atoms with van der Waals surface area (Å²) in [6.07, 6.45) is 0.857. The molecular formula is C21H31N5O2. The SMILES string of the molecule is CN=C(NCCc1c(C)noc1C)NCc1ccccc1CN1CCOCC1. The normalized spacial score (nSPS) is 15.6. The van der Waals surface area contributed by atoms with Crippen molar-refractivity contribution in [1.82, 2.24) is 20.7 Å². The van der Waals surface area contributed by atoms with Crippen molar-refractivity contribution in [2.24, 2.45) is 4.99 Å². The Labute approximate surface area is 167 Å². The van der Waals surface area contributed by atoms with Gasteiger partial charge in [0.05, 0.1) is 18.9 Å². The van der Waals surface area contributed by atoms with Gasteiger partial charge in [-0.15, -0.1) is 0 Å². The summed E-state index contributed by atoms with van der Waals surface area (Å²) in [5.41, 5.74) is 4.77. The predicted molar refractivity (Wildman–Crippen MR) is 110 cm³/mol. The van der Waals surface area contributed by atoms with Crippen LogP contribution < -0.4 is 10.6 Å². The van der Waals surface area contributed by atoms with Crippen molar-refractivity contribution in [2.75, 3.05) is 39.9 Å². The van der Waals surface area contributed by atoms with Gasteiger partial charge in [0.1, 0.15) is 5.76 Å². The lowest BCUT2D eigenvalue weighted by molar-refractivity contribution is 0.0341. The van der Waals surface area contributed by atoms with Crippen molar-refractivity contribution in [3.63, 3.8) is 0 Å². The molecule has 2 aromatic rings. The molecular weight excluding hydrogens is 354 g/mol. The van der Waals surface area contributed by atoms with Gasteiger partial charge in [-0.05, 0) is 31.4 Å². The van der Waals surface area contributed by atoms with E-state index >= 15 is 0 Å². The highest BCUT2D eigenvalue weighted by Gasteiger charge is 2.13. The van der Waals surface area contributed by atoms with E-state index in [2.05, 4.69) is 49.9 Å². The topological polar surface area (TPSA) is 74.9 Å². The van der Waals surface area contributed by atoms with E-state index in [0.717, 1.165) is 69.8 Å². The Hall–Kier alpha value is -2.38. The Morgan fingerprint density at radius 3 is 2.57 bits per heavy atom. The van der Waals surface area contributed by atoms with Crippen LogP contribution in [0.3, 0.4) is 0 Å². The van der Waals surface area contributed by atoms with Crippen molar-refractivity contribution < 1.29 is 9.26 Å². The fourth-order valence-electron chi connectivity index (χ4n) is 3.45. The Morgan fingerprint density at radius 2 is 1.89 bits per heavy atom. The van der Waals surface area contributed by atoms with Gasteiger partial charge in [-0.1, -0.05) is 29.4 Å². The molecule has 0 spiro atoms. The number of nitrogens with zero attached hydrogens (tertiary/aromatic N) is 3. The maximum atomic E-state index is 5.45. The third kappa shape index (κ3) is 5.56. The summed E-state index contributed by atoms with van der Waals surface area (Å²) in [5, 5.41) is 10.8. The first-order valence-electron chi connectivity index (χ1n) is 9.90. The number of nitrogens with one attached hydrogen (secondary N) is 2. The van der Waals surface area contributed by atoms with Crippen LogP contribution in [0.1, 0.15) is 28.1 Å². The van der Waals surface area contributed by atoms with E-state index in [1.54, 1.807) is 7.05 Å². The zero-order chi connectivity index (χ0) is 19.8. The lowest BCUT2D eigenvalue weighted by Gasteiger charge is -2.27. The maximum Gasteiger partial charge on any atom is 0.191 e. The summed E-state index contributed by atoms with van der Waals surface area (Å²) in [5.74, 6) is 1.69. The molecule has 0 unspecified atom stereocenters. The summed E-state index contributed by atoms with van der Waals surface area (Å²) in [7, 11) is 1.80. The fraction of sp³-hybridized carbons (Fsp3) is 0.524. The summed E-state index contributed by atoms with van der Waals surface area (Å²) in [6.45, 7) is 10.0. The van der Waals surface area contributed by atoms with Crippen LogP contribution in [0.4, 0.5) is 0 Å². The standard InChI is InChI=1S/C21H31N5O2/c1-16-20(17(2)28-25-16)8-9-23-21(22-3)24-14-18-6-4-5-7-19(18)15-26-10-12-27-13-11-26/h4-7H,8-15H2,1-3H3,(H2,22,23,24). The second-order valence-electron chi connectivity index (χ2n) is 7.06. The van der Waals surface area contributed by atoms with Crippen molar-refractivity contribution in [2.45, 2.75) is 33.4 Å². The molecule has 0 aliphatic carbocycles. The van der Waals surface area contributed by atoms with E-state index < -0.39 is 0 Å². The average molecular weight is 386 g/mol. The fourth-order valence-corrected chi connectivity index (χ4v) is 3.45. The summed E-state index contributed by atoms with van der Waals surface area (Å²) < 4.78 is 10.7. The van der Waals surface area contributed by atoms with Crippen molar-refractivity contribution in [3.8, 4) is 0 Å². The van der Waals surface area contributed by atoms with Crippen LogP contribution in [0.2, 0.25) is 0 Å². The molecule has 1 aromatic heterocycles. The molecule has 1 aliphatic rings. The number of guanidine groups is 1. The lowest BCUT2D eigenvalue weighted by Crippen LogP contribution is -2.38. The first-order chi connectivity index (χ1) is 13.7. The van der Waals surface area contributed by atoms with Crippen molar-refractivity contribution in [3.05, 3.63) is 52.4 Å². The molecule has 2 N–H and O–H groups in total. The number of benzene rings is 1. The Bertz CT molecular complexity index is 761. The molecule has 7 heteroatoms. The van der Waals surface area contributed by atoms with Gasteiger partial charge in [-0.25, -0.2) is 0 Å². The van der Waals surface area contributed by atoms with Gasteiger partial charge in [-0.3, -0.25) is 9.89 Å². The van der Waals surface area contributed by atoms with Crippen LogP contribution in [0, 0.1) is 13.8 Å². The Kier molecular flexibility index (Phi) is 7.45. The van der Waals surface area contributed by atoms with E-state index in [0.29, 0.717) is 0 Å². The van der Waals surface area contributed by atoms with E-state index in [1.807, 2.05) is 13.8 Å². The molecule has 1 aromatic carbocycles. The molecule has 2 heterocycles. The minimum atomic E-state index is 0.742. The van der Waals surface area contributed by atoms with Crippen LogP contribution in [-0.4, -0.2) is 55.9 Å². The van der Waals surface area contributed by atoms with Crippen LogP contribution >= 0.6 is 0 Å². The highest BCUT2D eigenvalue weighted by Crippen LogP contribution is 2.13. The number of hydrogen-bond donors (Lipinski definition) is 2. The van der Waals surface area contributed by atoms with Crippen LogP contribution in [0.15, 0.2) is 33.8 Å². The zero-order valence-electron chi connectivity index (χ0n) is 17.1. The molecule has 1 saturated heterocycles. The average Bonchev–Trinajstić information content (AvgIpc) is 3.04. The molecule has 0 radical (unpaired) electrons. The minimum Gasteiger partial charge on any atom is -0.379 e. The van der Waals surface area contributed by atoms with Crippen LogP contribution in [0.25, 0.3) is 0 Å². The second-order valence-corrected chi connectivity index (χ2v) is 7.06. The molecule has 152 valence electrons. The molecule has 28 heavy (non-hydrogen) atoms. The molecule has 7 nitrogen and oxygen atoms in total. The Morgan fingerprint density at radius 1 is 1.14 bits per heavy atom. The third-order valence-electron chi connectivity index (χ3n) is 5.13. The maximum absolute atomic E-state index is 5.45. The minimum absolute atomic E-state index is 0.742. The number of aryl methyl sites for hydroxylation is 2. The summed E-state index contributed by atoms with van der Waals surface area (Å²) in [6, 6.07) is 8.59. The van der Waals surface area contributed by atoms with Gasteiger partial charge in [0.25, 0.3) is 0 Å². The van der Waals surface area contributed by atoms with E-state index in [9.17, 15) is 0 Å². The van der Waals surface area contributed by atoms with E-state index in [1.165, 1.54) is 16.7 Å². The predicted octanol–water partition coefficient (Wildman–Crippen LogP) is 2.03. The smallest absolute Gasteiger partial charge is 0.191 e. The van der Waals surface area contributed by atoms with Crippen molar-refractivity contribution in [1.29, 1.82) is 0 Å². The second kappa shape index (κ2) is 10.2. The number of aromatic nitrogens is 1. The summed E-state index contributed by atoms with van der Waals surface area (Å²) in [4.78, 5) is 6.78. The van der Waals surface area contributed by atoms with Gasteiger partial charge in [-0.2, -0.15) is 0 Å². The monoisotopic (exact) mass is 385 g/mol. The van der Waals surface area contributed by atoms with Gasteiger partial charge in [0, 0.05) is 45.3 Å². The zero-order valence-corrected chi connectivity index (χ0v) is 17.1. The van der Waals surface area contributed by atoms with Crippen LogP contribution in [-0.2, 0) is 24.2 Å². The summed E-state index contributed by atoms with van der Waals surface area (Å²) >= 11 is 0. The highest BCUT2D eigenvalue weighted by molar-refractivity contribution is 5.79. The molecule has 0 saturated carbocycles. The molecule has 1 fully saturated rings. The van der Waals surface area contributed by atoms with E-state index in [-0.39, 0.29) is 0 Å².